The molecule has 0 aromatic carbocycles. The summed E-state index contributed by atoms with van der Waals surface area (Å²) in [5.41, 5.74) is 2.02. The smallest absolute Gasteiger partial charge is 0.0432 e. The standard InChI is InChI=1S/C6H12N4/c7-9-5-2-1-3-6(4-5)10-8/h1-4,7-8H2/b9-5-,10-6+. The number of nitrogens with two attached hydrogens (primary N) is 2. The van der Waals surface area contributed by atoms with Gasteiger partial charge in [-0.3, -0.25) is 0 Å². The van der Waals surface area contributed by atoms with Gasteiger partial charge in [-0.1, -0.05) is 0 Å². The van der Waals surface area contributed by atoms with Crippen molar-refractivity contribution >= 4 is 11.4 Å². The van der Waals surface area contributed by atoms with Gasteiger partial charge in [0.15, 0.2) is 0 Å². The summed E-state index contributed by atoms with van der Waals surface area (Å²) in [7, 11) is 0. The Kier molecular flexibility index (Phi) is 2.25. The molecule has 0 aliphatic heterocycles. The van der Waals surface area contributed by atoms with Gasteiger partial charge in [0.2, 0.25) is 0 Å². The highest BCUT2D eigenvalue weighted by atomic mass is 15.1. The molecule has 0 spiro atoms. The number of nitrogens with zero attached hydrogens (tertiary/aromatic N) is 2. The van der Waals surface area contributed by atoms with Gasteiger partial charge in [-0.05, 0) is 19.3 Å². The van der Waals surface area contributed by atoms with E-state index in [4.69, 9.17) is 11.7 Å². The average molecular weight is 140 g/mol. The highest BCUT2D eigenvalue weighted by molar-refractivity contribution is 6.06. The molecule has 1 saturated carbocycles. The lowest BCUT2D eigenvalue weighted by Gasteiger charge is -2.12. The Bertz CT molecular complexity index is 153. The highest BCUT2D eigenvalue weighted by Crippen LogP contribution is 2.11. The molecule has 0 amide bonds. The van der Waals surface area contributed by atoms with Gasteiger partial charge in [-0.2, -0.15) is 10.2 Å². The topological polar surface area (TPSA) is 76.8 Å². The van der Waals surface area contributed by atoms with E-state index >= 15 is 0 Å². The first-order valence-corrected chi connectivity index (χ1v) is 3.38. The van der Waals surface area contributed by atoms with Gasteiger partial charge in [0.1, 0.15) is 0 Å². The van der Waals surface area contributed by atoms with Crippen LogP contribution in [0.1, 0.15) is 25.7 Å². The van der Waals surface area contributed by atoms with E-state index in [2.05, 4.69) is 10.2 Å². The van der Waals surface area contributed by atoms with E-state index in [-0.39, 0.29) is 0 Å². The van der Waals surface area contributed by atoms with E-state index in [1.54, 1.807) is 0 Å². The maximum absolute atomic E-state index is 5.11. The minimum atomic E-state index is 0.771. The van der Waals surface area contributed by atoms with Crippen LogP contribution in [0.5, 0.6) is 0 Å². The predicted octanol–water partition coefficient (Wildman–Crippen LogP) is 0.190. The third-order valence-corrected chi connectivity index (χ3v) is 1.70. The molecular formula is C6H12N4. The van der Waals surface area contributed by atoms with Crippen LogP contribution in [0.2, 0.25) is 0 Å². The molecule has 0 bridgehead atoms. The Morgan fingerprint density at radius 3 is 1.90 bits per heavy atom. The summed E-state index contributed by atoms with van der Waals surface area (Å²) < 4.78 is 0. The van der Waals surface area contributed by atoms with Crippen LogP contribution in [-0.4, -0.2) is 11.4 Å². The van der Waals surface area contributed by atoms with Crippen LogP contribution in [-0.2, 0) is 0 Å². The lowest BCUT2D eigenvalue weighted by atomic mass is 9.97. The predicted molar refractivity (Wildman–Crippen MR) is 41.7 cm³/mol. The van der Waals surface area contributed by atoms with Gasteiger partial charge in [-0.15, -0.1) is 0 Å². The minimum absolute atomic E-state index is 0.771. The number of hydrazone groups is 2. The summed E-state index contributed by atoms with van der Waals surface area (Å²) in [6.07, 6.45) is 3.84. The number of rotatable bonds is 0. The monoisotopic (exact) mass is 140 g/mol. The quantitative estimate of drug-likeness (QED) is 0.372. The zero-order valence-corrected chi connectivity index (χ0v) is 5.88. The van der Waals surface area contributed by atoms with Crippen molar-refractivity contribution in [3.05, 3.63) is 0 Å². The molecule has 0 unspecified atom stereocenters. The molecule has 1 fully saturated rings. The SMILES string of the molecule is N/N=C1/CCC/C(=N\N)C1. The van der Waals surface area contributed by atoms with Crippen LogP contribution in [0.3, 0.4) is 0 Å². The third-order valence-electron chi connectivity index (χ3n) is 1.70. The zero-order chi connectivity index (χ0) is 7.40. The van der Waals surface area contributed by atoms with Crippen LogP contribution in [0, 0.1) is 0 Å². The highest BCUT2D eigenvalue weighted by Gasteiger charge is 2.11. The Hall–Kier alpha value is -1.06. The van der Waals surface area contributed by atoms with Crippen molar-refractivity contribution in [3.63, 3.8) is 0 Å². The summed E-state index contributed by atoms with van der Waals surface area (Å²) in [6.45, 7) is 0. The van der Waals surface area contributed by atoms with E-state index in [1.807, 2.05) is 0 Å². The van der Waals surface area contributed by atoms with Crippen molar-refractivity contribution in [3.8, 4) is 0 Å². The summed E-state index contributed by atoms with van der Waals surface area (Å²) >= 11 is 0. The van der Waals surface area contributed by atoms with Crippen LogP contribution in [0.15, 0.2) is 10.2 Å². The maximum Gasteiger partial charge on any atom is 0.0432 e. The van der Waals surface area contributed by atoms with Gasteiger partial charge in [0, 0.05) is 17.8 Å². The fraction of sp³-hybridized carbons (Fsp3) is 0.667. The molecule has 1 aliphatic carbocycles. The summed E-state index contributed by atoms with van der Waals surface area (Å²) in [5, 5.41) is 7.25. The molecular weight excluding hydrogens is 128 g/mol. The molecule has 10 heavy (non-hydrogen) atoms. The first-order valence-electron chi connectivity index (χ1n) is 3.38. The second-order valence-electron chi connectivity index (χ2n) is 2.42. The van der Waals surface area contributed by atoms with E-state index < -0.39 is 0 Å². The third kappa shape index (κ3) is 1.46. The maximum atomic E-state index is 5.11. The first kappa shape index (κ1) is 7.05. The molecule has 0 saturated heterocycles. The fourth-order valence-corrected chi connectivity index (χ4v) is 1.13. The van der Waals surface area contributed by atoms with Crippen molar-refractivity contribution in [2.45, 2.75) is 25.7 Å². The van der Waals surface area contributed by atoms with Gasteiger partial charge in [-0.25, -0.2) is 0 Å². The van der Waals surface area contributed by atoms with Gasteiger partial charge in [0.25, 0.3) is 0 Å². The number of hydrogen-bond acceptors (Lipinski definition) is 4. The average Bonchev–Trinajstić information content (AvgIpc) is 2.05. The molecule has 1 rings (SSSR count). The van der Waals surface area contributed by atoms with Crippen LogP contribution < -0.4 is 11.7 Å². The summed E-state index contributed by atoms with van der Waals surface area (Å²) in [6, 6.07) is 0. The Morgan fingerprint density at radius 2 is 1.50 bits per heavy atom. The van der Waals surface area contributed by atoms with E-state index in [9.17, 15) is 0 Å². The molecule has 4 nitrogen and oxygen atoms in total. The van der Waals surface area contributed by atoms with Crippen molar-refractivity contribution in [2.24, 2.45) is 21.9 Å². The lowest BCUT2D eigenvalue weighted by molar-refractivity contribution is 0.861. The minimum Gasteiger partial charge on any atom is -0.323 e. The molecule has 0 aromatic rings. The van der Waals surface area contributed by atoms with Crippen LogP contribution in [0.25, 0.3) is 0 Å². The Labute approximate surface area is 60.0 Å². The molecule has 1 aliphatic rings. The normalized spacial score (nSPS) is 27.6. The van der Waals surface area contributed by atoms with E-state index in [0.29, 0.717) is 0 Å². The van der Waals surface area contributed by atoms with Crippen LogP contribution >= 0.6 is 0 Å². The largest absolute Gasteiger partial charge is 0.323 e. The second kappa shape index (κ2) is 3.20. The molecule has 0 radical (unpaired) electrons. The van der Waals surface area contributed by atoms with E-state index in [1.165, 1.54) is 0 Å². The first-order chi connectivity index (χ1) is 4.86. The van der Waals surface area contributed by atoms with Crippen molar-refractivity contribution < 1.29 is 0 Å². The second-order valence-corrected chi connectivity index (χ2v) is 2.42. The summed E-state index contributed by atoms with van der Waals surface area (Å²) in [4.78, 5) is 0. The Morgan fingerprint density at radius 1 is 1.00 bits per heavy atom. The van der Waals surface area contributed by atoms with Gasteiger partial charge in [0.05, 0.1) is 0 Å². The van der Waals surface area contributed by atoms with Crippen LogP contribution in [0.4, 0.5) is 0 Å². The molecule has 0 heterocycles. The van der Waals surface area contributed by atoms with Gasteiger partial charge < -0.3 is 11.7 Å². The molecule has 0 atom stereocenters. The van der Waals surface area contributed by atoms with Gasteiger partial charge >= 0.3 is 0 Å². The fourth-order valence-electron chi connectivity index (χ4n) is 1.13. The van der Waals surface area contributed by atoms with Crippen molar-refractivity contribution in [1.82, 2.24) is 0 Å². The lowest BCUT2D eigenvalue weighted by Crippen LogP contribution is -2.17. The summed E-state index contributed by atoms with van der Waals surface area (Å²) in [5.74, 6) is 10.2. The number of hydrogen-bond donors (Lipinski definition) is 2. The van der Waals surface area contributed by atoms with Crippen molar-refractivity contribution in [1.29, 1.82) is 0 Å². The molecule has 56 valence electrons. The molecule has 0 aromatic heterocycles. The zero-order valence-electron chi connectivity index (χ0n) is 5.88. The van der Waals surface area contributed by atoms with Crippen molar-refractivity contribution in [2.75, 3.05) is 0 Å². The molecule has 4 N–H and O–H groups in total. The van der Waals surface area contributed by atoms with E-state index in [0.717, 1.165) is 37.1 Å². The Balaban J connectivity index is 2.56. The molecule has 4 heteroatoms.